The summed E-state index contributed by atoms with van der Waals surface area (Å²) in [5.74, 6) is 0. The Hall–Kier alpha value is -3.78. The van der Waals surface area contributed by atoms with E-state index in [1.807, 2.05) is 0 Å². The van der Waals surface area contributed by atoms with E-state index in [0.29, 0.717) is 0 Å². The number of benzene rings is 5. The maximum Gasteiger partial charge on any atom is 0.143 e. The van der Waals surface area contributed by atoms with Crippen LogP contribution in [0.15, 0.2) is 81.6 Å². The summed E-state index contributed by atoms with van der Waals surface area (Å²) in [6.45, 7) is 4.53. The lowest BCUT2D eigenvalue weighted by Gasteiger charge is -2.04. The van der Waals surface area contributed by atoms with E-state index in [-0.39, 0.29) is 0 Å². The van der Waals surface area contributed by atoms with E-state index in [1.54, 1.807) is 0 Å². The summed E-state index contributed by atoms with van der Waals surface area (Å²) < 4.78 is 13.1. The van der Waals surface area contributed by atoms with Crippen molar-refractivity contribution in [2.24, 2.45) is 0 Å². The van der Waals surface area contributed by atoms with Crippen molar-refractivity contribution in [3.8, 4) is 0 Å². The van der Waals surface area contributed by atoms with E-state index in [0.717, 1.165) is 56.7 Å². The second-order valence-electron chi connectivity index (χ2n) is 11.7. The van der Waals surface area contributed by atoms with Crippen LogP contribution in [0.3, 0.4) is 0 Å². The van der Waals surface area contributed by atoms with Gasteiger partial charge in [-0.1, -0.05) is 101 Å². The van der Waals surface area contributed by atoms with Gasteiger partial charge in [-0.3, -0.25) is 0 Å². The van der Waals surface area contributed by atoms with Crippen LogP contribution in [-0.2, 0) is 12.8 Å². The van der Waals surface area contributed by atoms with Crippen molar-refractivity contribution in [2.75, 3.05) is 0 Å². The number of hydrogen-bond donors (Lipinski definition) is 0. The highest BCUT2D eigenvalue weighted by molar-refractivity contribution is 6.21. The van der Waals surface area contributed by atoms with E-state index < -0.39 is 0 Å². The van der Waals surface area contributed by atoms with Gasteiger partial charge in [-0.25, -0.2) is 0 Å². The van der Waals surface area contributed by atoms with Gasteiger partial charge < -0.3 is 8.83 Å². The molecule has 2 heteroatoms. The van der Waals surface area contributed by atoms with Gasteiger partial charge in [0.1, 0.15) is 22.3 Å². The Morgan fingerprint density at radius 1 is 0.425 bits per heavy atom. The molecule has 0 N–H and O–H groups in total. The smallest absolute Gasteiger partial charge is 0.143 e. The molecule has 0 aliphatic heterocycles. The van der Waals surface area contributed by atoms with Crippen LogP contribution in [0.25, 0.3) is 65.4 Å². The topological polar surface area (TPSA) is 26.3 Å². The first kappa shape index (κ1) is 25.2. The number of hydrogen-bond acceptors (Lipinski definition) is 2. The summed E-state index contributed by atoms with van der Waals surface area (Å²) in [5, 5.41) is 9.41. The Balaban J connectivity index is 1.27. The molecular weight excluding hydrogens is 488 g/mol. The van der Waals surface area contributed by atoms with Crippen molar-refractivity contribution >= 4 is 65.4 Å². The van der Waals surface area contributed by atoms with Crippen LogP contribution in [0.1, 0.15) is 76.3 Å². The highest BCUT2D eigenvalue weighted by Crippen LogP contribution is 2.40. The molecule has 0 bridgehead atoms. The lowest BCUT2D eigenvalue weighted by Crippen LogP contribution is -1.86. The van der Waals surface area contributed by atoms with Crippen LogP contribution < -0.4 is 0 Å². The molecule has 0 aliphatic rings. The third-order valence-corrected chi connectivity index (χ3v) is 8.79. The molecule has 0 amide bonds. The van der Waals surface area contributed by atoms with Gasteiger partial charge in [-0.05, 0) is 71.8 Å². The Bertz CT molecular complexity index is 1840. The van der Waals surface area contributed by atoms with E-state index in [1.165, 1.54) is 84.0 Å². The van der Waals surface area contributed by atoms with Gasteiger partial charge in [-0.15, -0.1) is 0 Å². The van der Waals surface area contributed by atoms with Crippen molar-refractivity contribution in [3.63, 3.8) is 0 Å². The SMILES string of the molecule is CCCCCCc1ccc2c(ccc3c4cc5oc6c7ccc(CCCCCC)cc7ccc6c5cc4oc23)c1. The van der Waals surface area contributed by atoms with Gasteiger partial charge >= 0.3 is 0 Å². The molecule has 5 aromatic carbocycles. The third-order valence-electron chi connectivity index (χ3n) is 8.79. The summed E-state index contributed by atoms with van der Waals surface area (Å²) in [6, 6.07) is 27.0. The molecule has 0 unspecified atom stereocenters. The summed E-state index contributed by atoms with van der Waals surface area (Å²) in [4.78, 5) is 0. The minimum atomic E-state index is 0.920. The van der Waals surface area contributed by atoms with E-state index in [2.05, 4.69) is 86.6 Å². The lowest BCUT2D eigenvalue weighted by molar-refractivity contribution is 0.666. The van der Waals surface area contributed by atoms with E-state index in [9.17, 15) is 0 Å². The number of rotatable bonds is 10. The first-order valence-corrected chi connectivity index (χ1v) is 15.4. The zero-order chi connectivity index (χ0) is 27.1. The quantitative estimate of drug-likeness (QED) is 0.166. The largest absolute Gasteiger partial charge is 0.455 e. The Morgan fingerprint density at radius 3 is 1.32 bits per heavy atom. The zero-order valence-corrected chi connectivity index (χ0v) is 23.8. The molecule has 40 heavy (non-hydrogen) atoms. The normalized spacial score (nSPS) is 12.2. The summed E-state index contributed by atoms with van der Waals surface area (Å²) >= 11 is 0. The van der Waals surface area contributed by atoms with Crippen molar-refractivity contribution in [3.05, 3.63) is 83.9 Å². The predicted molar refractivity (Wildman–Crippen MR) is 172 cm³/mol. The predicted octanol–water partition coefficient (Wildman–Crippen LogP) is 12.0. The first-order chi connectivity index (χ1) is 19.7. The second kappa shape index (κ2) is 10.7. The van der Waals surface area contributed by atoms with Crippen LogP contribution in [0, 0.1) is 0 Å². The molecule has 0 radical (unpaired) electrons. The average Bonchev–Trinajstić information content (AvgIpc) is 3.53. The number of aryl methyl sites for hydroxylation is 2. The van der Waals surface area contributed by atoms with Crippen molar-refractivity contribution in [2.45, 2.75) is 78.1 Å². The van der Waals surface area contributed by atoms with Crippen LogP contribution >= 0.6 is 0 Å². The molecule has 2 nitrogen and oxygen atoms in total. The van der Waals surface area contributed by atoms with Gasteiger partial charge in [0.25, 0.3) is 0 Å². The molecule has 2 heterocycles. The average molecular weight is 527 g/mol. The second-order valence-corrected chi connectivity index (χ2v) is 11.7. The summed E-state index contributed by atoms with van der Waals surface area (Å²) in [6.07, 6.45) is 12.6. The number of fused-ring (bicyclic) bond motifs is 10. The highest BCUT2D eigenvalue weighted by atomic mass is 16.3. The zero-order valence-electron chi connectivity index (χ0n) is 23.8. The van der Waals surface area contributed by atoms with Crippen molar-refractivity contribution < 1.29 is 8.83 Å². The molecule has 7 rings (SSSR count). The fourth-order valence-electron chi connectivity index (χ4n) is 6.54. The van der Waals surface area contributed by atoms with Crippen LogP contribution in [0.4, 0.5) is 0 Å². The van der Waals surface area contributed by atoms with Crippen LogP contribution in [0.2, 0.25) is 0 Å². The van der Waals surface area contributed by atoms with Gasteiger partial charge in [0.15, 0.2) is 0 Å². The first-order valence-electron chi connectivity index (χ1n) is 15.4. The molecule has 2 aromatic heterocycles. The summed E-state index contributed by atoms with van der Waals surface area (Å²) in [5.41, 5.74) is 6.61. The van der Waals surface area contributed by atoms with Gasteiger partial charge in [-0.2, -0.15) is 0 Å². The summed E-state index contributed by atoms with van der Waals surface area (Å²) in [7, 11) is 0. The monoisotopic (exact) mass is 526 g/mol. The standard InChI is InChI=1S/C38H38O2/c1-3-5-7-9-11-25-13-17-29-27(21-25)15-19-31-33-23-36-34(24-35(33)39-37(29)31)32-20-16-28-22-26(12-10-8-6-4-2)14-18-30(28)38(32)40-36/h13-24H,3-12H2,1-2H3. The third kappa shape index (κ3) is 4.44. The molecule has 7 aromatic rings. The Labute approximate surface area is 235 Å². The lowest BCUT2D eigenvalue weighted by atomic mass is 9.99. The minimum absolute atomic E-state index is 0.920. The Kier molecular flexibility index (Phi) is 6.71. The number of unbranched alkanes of at least 4 members (excludes halogenated alkanes) is 6. The van der Waals surface area contributed by atoms with Gasteiger partial charge in [0.2, 0.25) is 0 Å². The van der Waals surface area contributed by atoms with E-state index in [4.69, 9.17) is 8.83 Å². The molecule has 0 fully saturated rings. The molecule has 0 spiro atoms. The molecule has 202 valence electrons. The molecule has 0 saturated heterocycles. The maximum absolute atomic E-state index is 6.56. The minimum Gasteiger partial charge on any atom is -0.455 e. The molecule has 0 aliphatic carbocycles. The Morgan fingerprint density at radius 2 is 0.875 bits per heavy atom. The van der Waals surface area contributed by atoms with Crippen molar-refractivity contribution in [1.29, 1.82) is 0 Å². The maximum atomic E-state index is 6.56. The molecule has 0 atom stereocenters. The molecular formula is C38H38O2. The van der Waals surface area contributed by atoms with E-state index >= 15 is 0 Å². The van der Waals surface area contributed by atoms with Crippen molar-refractivity contribution in [1.82, 2.24) is 0 Å². The number of furan rings is 2. The fourth-order valence-corrected chi connectivity index (χ4v) is 6.54. The molecule has 0 saturated carbocycles. The van der Waals surface area contributed by atoms with Gasteiger partial charge in [0, 0.05) is 32.3 Å². The van der Waals surface area contributed by atoms with Crippen LogP contribution in [0.5, 0.6) is 0 Å². The van der Waals surface area contributed by atoms with Crippen LogP contribution in [-0.4, -0.2) is 0 Å². The highest BCUT2D eigenvalue weighted by Gasteiger charge is 2.16. The van der Waals surface area contributed by atoms with Gasteiger partial charge in [0.05, 0.1) is 0 Å². The fraction of sp³-hybridized carbons (Fsp3) is 0.316.